The summed E-state index contributed by atoms with van der Waals surface area (Å²) in [5.74, 6) is -3.74. The molecule has 0 spiro atoms. The van der Waals surface area contributed by atoms with Crippen LogP contribution in [0.5, 0.6) is 0 Å². The summed E-state index contributed by atoms with van der Waals surface area (Å²) < 4.78 is 0. The maximum Gasteiger partial charge on any atom is 0.326 e. The van der Waals surface area contributed by atoms with Gasteiger partial charge in [0.2, 0.25) is 23.6 Å². The number of carbonyl (C=O) groups is 5. The van der Waals surface area contributed by atoms with Crippen LogP contribution < -0.4 is 22.1 Å². The van der Waals surface area contributed by atoms with Crippen molar-refractivity contribution in [3.8, 4) is 0 Å². The Bertz CT molecular complexity index is 629. The number of hydrogen-bond acceptors (Lipinski definition) is 7. The van der Waals surface area contributed by atoms with Gasteiger partial charge in [-0.3, -0.25) is 19.2 Å². The van der Waals surface area contributed by atoms with Crippen LogP contribution in [0, 0.1) is 0 Å². The predicted molar refractivity (Wildman–Crippen MR) is 102 cm³/mol. The number of thiol groups is 1. The number of likely N-dealkylation sites (tertiary alicyclic amines) is 1. The van der Waals surface area contributed by atoms with Crippen LogP contribution >= 0.6 is 12.6 Å². The summed E-state index contributed by atoms with van der Waals surface area (Å²) in [6.07, 6.45) is 0.549. The molecule has 11 nitrogen and oxygen atoms in total. The third-order valence-electron chi connectivity index (χ3n) is 4.34. The van der Waals surface area contributed by atoms with E-state index in [1.54, 1.807) is 0 Å². The van der Waals surface area contributed by atoms with Crippen molar-refractivity contribution < 1.29 is 29.1 Å². The predicted octanol–water partition coefficient (Wildman–Crippen LogP) is -2.43. The molecule has 4 atom stereocenters. The van der Waals surface area contributed by atoms with Gasteiger partial charge < -0.3 is 32.1 Å². The lowest BCUT2D eigenvalue weighted by Gasteiger charge is -2.28. The maximum atomic E-state index is 12.8. The van der Waals surface area contributed by atoms with Crippen LogP contribution in [0.4, 0.5) is 0 Å². The van der Waals surface area contributed by atoms with Gasteiger partial charge in [0.05, 0.1) is 6.04 Å². The number of aliphatic carboxylic acids is 1. The molecule has 28 heavy (non-hydrogen) atoms. The van der Waals surface area contributed by atoms with Gasteiger partial charge in [-0.25, -0.2) is 4.79 Å². The van der Waals surface area contributed by atoms with Crippen LogP contribution in [0.1, 0.15) is 32.6 Å². The van der Waals surface area contributed by atoms with Crippen molar-refractivity contribution >= 4 is 42.2 Å². The number of nitrogens with two attached hydrogens (primary N) is 2. The molecular weight excluding hydrogens is 390 g/mol. The molecule has 1 aliphatic rings. The molecule has 0 saturated carbocycles. The number of primary amides is 1. The first-order valence-corrected chi connectivity index (χ1v) is 9.50. The molecule has 1 rings (SSSR count). The van der Waals surface area contributed by atoms with Gasteiger partial charge in [-0.2, -0.15) is 12.6 Å². The van der Waals surface area contributed by atoms with Crippen molar-refractivity contribution in [2.75, 3.05) is 12.3 Å². The average molecular weight is 417 g/mol. The topological polar surface area (TPSA) is 185 Å². The van der Waals surface area contributed by atoms with Crippen LogP contribution in [0.25, 0.3) is 0 Å². The molecule has 1 saturated heterocycles. The van der Waals surface area contributed by atoms with E-state index >= 15 is 0 Å². The first kappa shape index (κ1) is 23.7. The van der Waals surface area contributed by atoms with Gasteiger partial charge in [0.25, 0.3) is 0 Å². The van der Waals surface area contributed by atoms with Gasteiger partial charge in [0.1, 0.15) is 18.1 Å². The van der Waals surface area contributed by atoms with Crippen molar-refractivity contribution in [2.45, 2.75) is 56.8 Å². The highest BCUT2D eigenvalue weighted by molar-refractivity contribution is 7.80. The van der Waals surface area contributed by atoms with Crippen molar-refractivity contribution in [2.24, 2.45) is 11.5 Å². The number of nitrogens with zero attached hydrogens (tertiary/aromatic N) is 1. The summed E-state index contributed by atoms with van der Waals surface area (Å²) in [5.41, 5.74) is 10.6. The molecule has 0 aromatic rings. The molecule has 12 heteroatoms. The largest absolute Gasteiger partial charge is 0.480 e. The molecule has 0 aromatic carbocycles. The molecule has 4 amide bonds. The average Bonchev–Trinajstić information content (AvgIpc) is 3.11. The summed E-state index contributed by atoms with van der Waals surface area (Å²) in [6, 6.07) is -4.04. The Balaban J connectivity index is 2.92. The van der Waals surface area contributed by atoms with E-state index in [2.05, 4.69) is 23.3 Å². The van der Waals surface area contributed by atoms with Crippen molar-refractivity contribution in [3.05, 3.63) is 0 Å². The molecule has 4 unspecified atom stereocenters. The van der Waals surface area contributed by atoms with Gasteiger partial charge in [-0.05, 0) is 26.2 Å². The lowest BCUT2D eigenvalue weighted by molar-refractivity contribution is -0.149. The quantitative estimate of drug-likeness (QED) is 0.213. The minimum Gasteiger partial charge on any atom is -0.480 e. The number of carboxylic acid groups (broad SMARTS) is 1. The van der Waals surface area contributed by atoms with E-state index in [1.165, 1.54) is 11.8 Å². The van der Waals surface area contributed by atoms with E-state index in [-0.39, 0.29) is 25.1 Å². The molecule has 158 valence electrons. The van der Waals surface area contributed by atoms with Gasteiger partial charge in [0.15, 0.2) is 0 Å². The zero-order chi connectivity index (χ0) is 21.4. The first-order valence-electron chi connectivity index (χ1n) is 8.87. The Morgan fingerprint density at radius 2 is 1.79 bits per heavy atom. The van der Waals surface area contributed by atoms with E-state index in [0.717, 1.165) is 0 Å². The van der Waals surface area contributed by atoms with Gasteiger partial charge in [-0.15, -0.1) is 0 Å². The van der Waals surface area contributed by atoms with E-state index in [4.69, 9.17) is 11.5 Å². The molecule has 1 heterocycles. The Kier molecular flexibility index (Phi) is 9.19. The summed E-state index contributed by atoms with van der Waals surface area (Å²) in [6.45, 7) is 1.68. The Labute approximate surface area is 168 Å². The number of hydrogen-bond donors (Lipinski definition) is 6. The standard InChI is InChI=1S/C16H27N5O6S/c1-8(17)13(23)20-10(7-28)14(24)19-9(4-5-12(18)22)15(25)21-6-2-3-11(21)16(26)27/h8-11,28H,2-7,17H2,1H3,(H2,18,22)(H,19,24)(H,20,23)(H,26,27). The van der Waals surface area contributed by atoms with Gasteiger partial charge >= 0.3 is 5.97 Å². The smallest absolute Gasteiger partial charge is 0.326 e. The monoisotopic (exact) mass is 417 g/mol. The van der Waals surface area contributed by atoms with E-state index in [9.17, 15) is 29.1 Å². The third-order valence-corrected chi connectivity index (χ3v) is 4.71. The second-order valence-corrected chi connectivity index (χ2v) is 6.99. The molecule has 1 fully saturated rings. The molecule has 0 aromatic heterocycles. The van der Waals surface area contributed by atoms with Crippen molar-refractivity contribution in [3.63, 3.8) is 0 Å². The molecule has 7 N–H and O–H groups in total. The minimum absolute atomic E-state index is 0.0531. The number of carboxylic acids is 1. The number of rotatable bonds is 10. The minimum atomic E-state index is -1.16. The van der Waals surface area contributed by atoms with Gasteiger partial charge in [-0.1, -0.05) is 0 Å². The second-order valence-electron chi connectivity index (χ2n) is 6.63. The van der Waals surface area contributed by atoms with Gasteiger partial charge in [0, 0.05) is 18.7 Å². The van der Waals surface area contributed by atoms with Crippen molar-refractivity contribution in [1.29, 1.82) is 0 Å². The summed E-state index contributed by atoms with van der Waals surface area (Å²) in [4.78, 5) is 60.7. The Hall–Kier alpha value is -2.34. The van der Waals surface area contributed by atoms with Crippen LogP contribution in [0.3, 0.4) is 0 Å². The maximum absolute atomic E-state index is 12.8. The van der Waals surface area contributed by atoms with Crippen LogP contribution in [0.15, 0.2) is 0 Å². The highest BCUT2D eigenvalue weighted by atomic mass is 32.1. The molecular formula is C16H27N5O6S. The Morgan fingerprint density at radius 1 is 1.18 bits per heavy atom. The van der Waals surface area contributed by atoms with Crippen LogP contribution in [-0.4, -0.2) is 76.1 Å². The normalized spacial score (nSPS) is 19.4. The van der Waals surface area contributed by atoms with Crippen LogP contribution in [0.2, 0.25) is 0 Å². The molecule has 0 radical (unpaired) electrons. The fourth-order valence-electron chi connectivity index (χ4n) is 2.80. The molecule has 0 aliphatic carbocycles. The molecule has 1 aliphatic heterocycles. The summed E-state index contributed by atoms with van der Waals surface area (Å²) in [7, 11) is 0. The highest BCUT2D eigenvalue weighted by Crippen LogP contribution is 2.19. The number of carbonyl (C=O) groups excluding carboxylic acids is 4. The fraction of sp³-hybridized carbons (Fsp3) is 0.688. The van der Waals surface area contributed by atoms with E-state index in [1.807, 2.05) is 0 Å². The van der Waals surface area contributed by atoms with Crippen molar-refractivity contribution in [1.82, 2.24) is 15.5 Å². The Morgan fingerprint density at radius 3 is 2.29 bits per heavy atom. The van der Waals surface area contributed by atoms with E-state index < -0.39 is 53.8 Å². The summed E-state index contributed by atoms with van der Waals surface area (Å²) in [5, 5.41) is 14.1. The number of nitrogens with one attached hydrogen (secondary N) is 2. The highest BCUT2D eigenvalue weighted by Gasteiger charge is 2.38. The SMILES string of the molecule is CC(N)C(=O)NC(CS)C(=O)NC(CCC(N)=O)C(=O)N1CCCC1C(=O)O. The summed E-state index contributed by atoms with van der Waals surface area (Å²) >= 11 is 4.02. The van der Waals surface area contributed by atoms with Crippen LogP contribution in [-0.2, 0) is 24.0 Å². The lowest BCUT2D eigenvalue weighted by Crippen LogP contribution is -2.57. The van der Waals surface area contributed by atoms with E-state index in [0.29, 0.717) is 12.8 Å². The first-order chi connectivity index (χ1) is 13.1. The lowest BCUT2D eigenvalue weighted by atomic mass is 10.1. The number of amides is 4. The zero-order valence-electron chi connectivity index (χ0n) is 15.6. The molecule has 0 bridgehead atoms. The fourth-order valence-corrected chi connectivity index (χ4v) is 3.06. The zero-order valence-corrected chi connectivity index (χ0v) is 16.5. The second kappa shape index (κ2) is 10.9. The third kappa shape index (κ3) is 6.68.